The number of aryl methyl sites for hydroxylation is 1. The number of hydrogen-bond donors (Lipinski definition) is 2. The van der Waals surface area contributed by atoms with Gasteiger partial charge in [0.15, 0.2) is 5.58 Å². The fraction of sp³-hybridized carbons (Fsp3) is 0.227. The molecule has 2 N–H and O–H groups in total. The summed E-state index contributed by atoms with van der Waals surface area (Å²) in [5.74, 6) is -1.83. The van der Waals surface area contributed by atoms with Crippen LogP contribution in [0.4, 0.5) is 5.69 Å². The van der Waals surface area contributed by atoms with Crippen LogP contribution in [0.3, 0.4) is 0 Å². The van der Waals surface area contributed by atoms with Crippen molar-refractivity contribution in [2.24, 2.45) is 0 Å². The molecule has 0 saturated carbocycles. The topological polar surface area (TPSA) is 95.4 Å². The number of nitrogens with zero attached hydrogens (tertiary/aromatic N) is 1. The fourth-order valence-electron chi connectivity index (χ4n) is 3.39. The second kappa shape index (κ2) is 7.79. The first-order chi connectivity index (χ1) is 14.0. The molecule has 0 aliphatic carbocycles. The largest absolute Gasteiger partial charge is 0.417 e. The lowest BCUT2D eigenvalue weighted by Gasteiger charge is -2.28. The lowest BCUT2D eigenvalue weighted by atomic mass is 10.0. The molecule has 1 fully saturated rings. The van der Waals surface area contributed by atoms with Crippen LogP contribution in [0.5, 0.6) is 0 Å². The maximum Gasteiger partial charge on any atom is 0.417 e. The van der Waals surface area contributed by atoms with Gasteiger partial charge in [-0.3, -0.25) is 14.6 Å². The Morgan fingerprint density at radius 2 is 1.83 bits per heavy atom. The van der Waals surface area contributed by atoms with Crippen molar-refractivity contribution in [3.05, 3.63) is 69.7 Å². The van der Waals surface area contributed by atoms with E-state index in [0.29, 0.717) is 29.9 Å². The Morgan fingerprint density at radius 3 is 2.55 bits per heavy atom. The predicted octanol–water partition coefficient (Wildman–Crippen LogP) is 3.07. The maximum atomic E-state index is 12.5. The minimum absolute atomic E-state index is 0.323. The Hall–Kier alpha value is -3.61. The molecule has 0 radical (unpaired) electrons. The molecule has 148 valence electrons. The third-order valence-corrected chi connectivity index (χ3v) is 5.01. The van der Waals surface area contributed by atoms with E-state index >= 15 is 0 Å². The van der Waals surface area contributed by atoms with Crippen molar-refractivity contribution < 1.29 is 14.0 Å². The van der Waals surface area contributed by atoms with E-state index in [2.05, 4.69) is 47.6 Å². The number of nitrogens with one attached hydrogen (secondary N) is 2. The molecule has 0 bridgehead atoms. The first kappa shape index (κ1) is 18.7. The van der Waals surface area contributed by atoms with Crippen LogP contribution in [-0.2, 0) is 9.59 Å². The number of aromatic nitrogens is 1. The number of piperidine rings is 1. The summed E-state index contributed by atoms with van der Waals surface area (Å²) in [6.07, 6.45) is 3.64. The second-order valence-corrected chi connectivity index (χ2v) is 7.19. The molecule has 0 spiro atoms. The van der Waals surface area contributed by atoms with Gasteiger partial charge in [-0.15, -0.1) is 0 Å². The number of anilines is 1. The van der Waals surface area contributed by atoms with Gasteiger partial charge in [0, 0.05) is 24.8 Å². The van der Waals surface area contributed by atoms with Crippen LogP contribution in [0.2, 0.25) is 0 Å². The van der Waals surface area contributed by atoms with E-state index in [-0.39, 0.29) is 0 Å². The molecule has 0 unspecified atom stereocenters. The number of hydrogen-bond acceptors (Lipinski definition) is 4. The Bertz CT molecular complexity index is 1140. The van der Waals surface area contributed by atoms with Crippen molar-refractivity contribution in [2.75, 3.05) is 18.4 Å². The third-order valence-electron chi connectivity index (χ3n) is 5.01. The van der Waals surface area contributed by atoms with Crippen LogP contribution in [-0.4, -0.2) is 34.8 Å². The summed E-state index contributed by atoms with van der Waals surface area (Å²) < 4.78 is 4.97. The molecule has 1 aliphatic rings. The molecule has 2 heterocycles. The lowest BCUT2D eigenvalue weighted by molar-refractivity contribution is -0.143. The summed E-state index contributed by atoms with van der Waals surface area (Å²) in [6, 6.07) is 13.0. The van der Waals surface area contributed by atoms with Crippen LogP contribution in [0, 0.1) is 6.92 Å². The first-order valence-electron chi connectivity index (χ1n) is 9.47. The summed E-state index contributed by atoms with van der Waals surface area (Å²) in [6.45, 7) is 3.07. The van der Waals surface area contributed by atoms with Gasteiger partial charge in [-0.25, -0.2) is 4.79 Å². The zero-order valence-electron chi connectivity index (χ0n) is 16.0. The van der Waals surface area contributed by atoms with E-state index < -0.39 is 17.6 Å². The van der Waals surface area contributed by atoms with Crippen molar-refractivity contribution in [1.29, 1.82) is 0 Å². The molecular formula is C22H21N3O4. The van der Waals surface area contributed by atoms with Gasteiger partial charge in [-0.2, -0.15) is 0 Å². The molecule has 29 heavy (non-hydrogen) atoms. The Balaban J connectivity index is 1.36. The molecule has 2 amide bonds. The van der Waals surface area contributed by atoms with E-state index in [1.54, 1.807) is 17.0 Å². The quantitative estimate of drug-likeness (QED) is 0.656. The third kappa shape index (κ3) is 4.29. The molecule has 2 aromatic carbocycles. The highest BCUT2D eigenvalue weighted by molar-refractivity contribution is 6.39. The number of benzene rings is 2. The summed E-state index contributed by atoms with van der Waals surface area (Å²) in [5.41, 5.74) is 4.89. The number of rotatable bonds is 2. The summed E-state index contributed by atoms with van der Waals surface area (Å²) in [4.78, 5) is 40.1. The number of fused-ring (bicyclic) bond motifs is 1. The van der Waals surface area contributed by atoms with Crippen molar-refractivity contribution in [3.63, 3.8) is 0 Å². The Labute approximate surface area is 167 Å². The van der Waals surface area contributed by atoms with Gasteiger partial charge in [0.1, 0.15) is 0 Å². The molecule has 3 aromatic rings. The number of carbonyl (C=O) groups excluding carboxylic acids is 2. The van der Waals surface area contributed by atoms with Crippen molar-refractivity contribution in [3.8, 4) is 0 Å². The van der Waals surface area contributed by atoms with Crippen molar-refractivity contribution in [1.82, 2.24) is 9.88 Å². The van der Waals surface area contributed by atoms with Crippen LogP contribution in [0.15, 0.2) is 57.2 Å². The van der Waals surface area contributed by atoms with Crippen molar-refractivity contribution >= 4 is 34.7 Å². The highest BCUT2D eigenvalue weighted by Gasteiger charge is 2.25. The Kier molecular flexibility index (Phi) is 5.03. The van der Waals surface area contributed by atoms with Gasteiger partial charge in [-0.1, -0.05) is 41.5 Å². The molecule has 7 heteroatoms. The average molecular weight is 391 g/mol. The SMILES string of the molecule is Cc1ccc(C=C2CCN(C(=O)C(=O)Nc3ccc4[nH]c(=O)oc4c3)CC2)cc1. The molecule has 4 rings (SSSR count). The van der Waals surface area contributed by atoms with Crippen LogP contribution < -0.4 is 11.1 Å². The van der Waals surface area contributed by atoms with Crippen LogP contribution in [0.25, 0.3) is 17.2 Å². The molecule has 0 atom stereocenters. The van der Waals surface area contributed by atoms with Gasteiger partial charge in [-0.05, 0) is 37.5 Å². The number of aromatic amines is 1. The molecule has 1 aliphatic heterocycles. The smallest absolute Gasteiger partial charge is 0.408 e. The van der Waals surface area contributed by atoms with Gasteiger partial charge in [0.05, 0.1) is 5.52 Å². The van der Waals surface area contributed by atoms with Gasteiger partial charge < -0.3 is 14.6 Å². The summed E-state index contributed by atoms with van der Waals surface area (Å²) in [5, 5.41) is 2.58. The van der Waals surface area contributed by atoms with Gasteiger partial charge >= 0.3 is 17.6 Å². The lowest BCUT2D eigenvalue weighted by Crippen LogP contribution is -2.42. The number of likely N-dealkylation sites (tertiary alicyclic amines) is 1. The average Bonchev–Trinajstić information content (AvgIpc) is 3.09. The monoisotopic (exact) mass is 391 g/mol. The summed E-state index contributed by atoms with van der Waals surface area (Å²) >= 11 is 0. The number of H-pyrrole nitrogens is 1. The highest BCUT2D eigenvalue weighted by atomic mass is 16.4. The molecule has 1 saturated heterocycles. The van der Waals surface area contributed by atoms with Crippen molar-refractivity contribution in [2.45, 2.75) is 19.8 Å². The molecule has 1 aromatic heterocycles. The summed E-state index contributed by atoms with van der Waals surface area (Å²) in [7, 11) is 0. The maximum absolute atomic E-state index is 12.5. The van der Waals surface area contributed by atoms with E-state index in [0.717, 1.165) is 18.4 Å². The molecule has 7 nitrogen and oxygen atoms in total. The van der Waals surface area contributed by atoms with Crippen LogP contribution >= 0.6 is 0 Å². The normalized spacial score (nSPS) is 14.1. The number of amides is 2. The van der Waals surface area contributed by atoms with E-state index in [4.69, 9.17) is 4.42 Å². The van der Waals surface area contributed by atoms with Gasteiger partial charge in [0.2, 0.25) is 0 Å². The van der Waals surface area contributed by atoms with E-state index in [9.17, 15) is 14.4 Å². The zero-order chi connectivity index (χ0) is 20.4. The van der Waals surface area contributed by atoms with E-state index in [1.807, 2.05) is 0 Å². The standard InChI is InChI=1S/C22H21N3O4/c1-14-2-4-15(5-3-14)12-16-8-10-25(11-9-16)21(27)20(26)23-17-6-7-18-19(13-17)29-22(28)24-18/h2-7,12-13H,8-11H2,1H3,(H,23,26)(H,24,28). The zero-order valence-corrected chi connectivity index (χ0v) is 16.0. The van der Waals surface area contributed by atoms with Crippen LogP contribution in [0.1, 0.15) is 24.0 Å². The minimum atomic E-state index is -0.701. The first-order valence-corrected chi connectivity index (χ1v) is 9.47. The molecular weight excluding hydrogens is 370 g/mol. The number of carbonyl (C=O) groups is 2. The Morgan fingerprint density at radius 1 is 1.10 bits per heavy atom. The number of oxazole rings is 1. The second-order valence-electron chi connectivity index (χ2n) is 7.19. The minimum Gasteiger partial charge on any atom is -0.408 e. The van der Waals surface area contributed by atoms with E-state index in [1.165, 1.54) is 17.2 Å². The fourth-order valence-corrected chi connectivity index (χ4v) is 3.39. The highest BCUT2D eigenvalue weighted by Crippen LogP contribution is 2.21. The van der Waals surface area contributed by atoms with Gasteiger partial charge in [0.25, 0.3) is 0 Å². The predicted molar refractivity (Wildman–Crippen MR) is 110 cm³/mol.